The largest absolute Gasteiger partial charge is 0.494 e. The van der Waals surface area contributed by atoms with Gasteiger partial charge in [-0.2, -0.15) is 0 Å². The Labute approximate surface area is 210 Å². The van der Waals surface area contributed by atoms with E-state index < -0.39 is 0 Å². The van der Waals surface area contributed by atoms with Gasteiger partial charge in [0, 0.05) is 0 Å². The smallest absolute Gasteiger partial charge is 0.120 e. The average Bonchev–Trinajstić information content (AvgIpc) is 2.91. The van der Waals surface area contributed by atoms with E-state index in [0.29, 0.717) is 6.61 Å². The Balaban J connectivity index is 1.25. The number of fused-ring (bicyclic) bond motifs is 1. The van der Waals surface area contributed by atoms with E-state index in [1.54, 1.807) is 0 Å². The van der Waals surface area contributed by atoms with Crippen molar-refractivity contribution >= 4 is 10.8 Å². The summed E-state index contributed by atoms with van der Waals surface area (Å²) in [4.78, 5) is 0. The molecular weight excluding hydrogens is 428 g/mol. The predicted octanol–water partition coefficient (Wildman–Crippen LogP) is 9.61. The molecule has 0 N–H and O–H groups in total. The first kappa shape index (κ1) is 24.9. The van der Waals surface area contributed by atoms with Crippen LogP contribution in [0.5, 0.6) is 11.5 Å². The number of hydrogen-bond acceptors (Lipinski definition) is 2. The van der Waals surface area contributed by atoms with Crippen LogP contribution in [-0.4, -0.2) is 6.61 Å². The summed E-state index contributed by atoms with van der Waals surface area (Å²) in [6.45, 7) is 3.65. The Bertz CT molecular complexity index is 1150. The Morgan fingerprint density at radius 2 is 1.14 bits per heavy atom. The van der Waals surface area contributed by atoms with Gasteiger partial charge in [0.1, 0.15) is 18.1 Å². The van der Waals surface area contributed by atoms with Crippen molar-refractivity contribution < 1.29 is 9.47 Å². The highest BCUT2D eigenvalue weighted by atomic mass is 16.5. The quantitative estimate of drug-likeness (QED) is 0.172. The lowest BCUT2D eigenvalue weighted by atomic mass is 10.0. The summed E-state index contributed by atoms with van der Waals surface area (Å²) in [5.74, 6) is 1.85. The fraction of sp³-hybridized carbons (Fsp3) is 0.333. The molecule has 0 heterocycles. The maximum absolute atomic E-state index is 5.99. The van der Waals surface area contributed by atoms with E-state index in [9.17, 15) is 0 Å². The fourth-order valence-electron chi connectivity index (χ4n) is 4.40. The van der Waals surface area contributed by atoms with Crippen LogP contribution in [-0.2, 0) is 6.61 Å². The molecule has 0 unspecified atom stereocenters. The summed E-state index contributed by atoms with van der Waals surface area (Å²) in [7, 11) is 0. The first-order valence-electron chi connectivity index (χ1n) is 13.3. The maximum atomic E-state index is 5.99. The fourth-order valence-corrected chi connectivity index (χ4v) is 4.40. The third-order valence-corrected chi connectivity index (χ3v) is 6.51. The van der Waals surface area contributed by atoms with Crippen molar-refractivity contribution in [3.05, 3.63) is 96.6 Å². The monoisotopic (exact) mass is 466 g/mol. The highest BCUT2D eigenvalue weighted by Crippen LogP contribution is 2.28. The molecule has 2 heteroatoms. The van der Waals surface area contributed by atoms with Crippen LogP contribution in [0.3, 0.4) is 0 Å². The minimum absolute atomic E-state index is 0.581. The van der Waals surface area contributed by atoms with Gasteiger partial charge in [0.15, 0.2) is 0 Å². The lowest BCUT2D eigenvalue weighted by Crippen LogP contribution is -1.97. The van der Waals surface area contributed by atoms with Gasteiger partial charge in [-0.25, -0.2) is 0 Å². The van der Waals surface area contributed by atoms with Gasteiger partial charge in [-0.1, -0.05) is 113 Å². The molecular formula is C33H38O2. The van der Waals surface area contributed by atoms with E-state index in [2.05, 4.69) is 79.7 Å². The van der Waals surface area contributed by atoms with Gasteiger partial charge in [0.2, 0.25) is 0 Å². The molecule has 0 spiro atoms. The van der Waals surface area contributed by atoms with E-state index in [0.717, 1.165) is 24.5 Å². The van der Waals surface area contributed by atoms with E-state index in [1.807, 2.05) is 18.2 Å². The second kappa shape index (κ2) is 13.6. The molecule has 0 fully saturated rings. The van der Waals surface area contributed by atoms with Gasteiger partial charge in [-0.05, 0) is 64.2 Å². The second-order valence-electron chi connectivity index (χ2n) is 9.35. The molecule has 0 radical (unpaired) electrons. The molecule has 0 saturated heterocycles. The molecule has 0 bridgehead atoms. The van der Waals surface area contributed by atoms with Crippen molar-refractivity contribution in [2.75, 3.05) is 6.61 Å². The van der Waals surface area contributed by atoms with Crippen LogP contribution in [0.25, 0.3) is 21.9 Å². The molecule has 35 heavy (non-hydrogen) atoms. The van der Waals surface area contributed by atoms with Gasteiger partial charge in [0.05, 0.1) is 6.61 Å². The molecule has 0 aromatic heterocycles. The molecule has 4 aromatic rings. The van der Waals surface area contributed by atoms with E-state index in [1.165, 1.54) is 72.4 Å². The molecule has 2 nitrogen and oxygen atoms in total. The first-order valence-corrected chi connectivity index (χ1v) is 13.3. The molecule has 0 atom stereocenters. The SMILES string of the molecule is CCCCCCCCCCOc1ccc(-c2ccc3cc(OCc4ccccc4)ccc3c2)cc1. The second-order valence-corrected chi connectivity index (χ2v) is 9.35. The standard InChI is InChI=1S/C33H38O2/c1-2-3-4-5-6-7-8-12-23-34-32-20-17-28(18-21-32)29-15-16-31-25-33(22-19-30(31)24-29)35-26-27-13-10-9-11-14-27/h9-11,13-22,24-25H,2-8,12,23,26H2,1H3. The van der Waals surface area contributed by atoms with Crippen molar-refractivity contribution in [1.82, 2.24) is 0 Å². The van der Waals surface area contributed by atoms with E-state index >= 15 is 0 Å². The molecule has 0 amide bonds. The first-order chi connectivity index (χ1) is 17.3. The van der Waals surface area contributed by atoms with Crippen molar-refractivity contribution in [3.63, 3.8) is 0 Å². The number of hydrogen-bond donors (Lipinski definition) is 0. The number of benzene rings is 4. The Hall–Kier alpha value is -3.26. The molecule has 0 aliphatic heterocycles. The summed E-state index contributed by atoms with van der Waals surface area (Å²) >= 11 is 0. The zero-order chi connectivity index (χ0) is 24.1. The van der Waals surface area contributed by atoms with Gasteiger partial charge < -0.3 is 9.47 Å². The lowest BCUT2D eigenvalue weighted by Gasteiger charge is -2.10. The summed E-state index contributed by atoms with van der Waals surface area (Å²) in [6.07, 6.45) is 10.6. The lowest BCUT2D eigenvalue weighted by molar-refractivity contribution is 0.304. The van der Waals surface area contributed by atoms with E-state index in [4.69, 9.17) is 9.47 Å². The highest BCUT2D eigenvalue weighted by molar-refractivity contribution is 5.88. The summed E-state index contributed by atoms with van der Waals surface area (Å²) in [5.41, 5.74) is 3.59. The van der Waals surface area contributed by atoms with Crippen LogP contribution in [0.15, 0.2) is 91.0 Å². The summed E-state index contributed by atoms with van der Waals surface area (Å²) < 4.78 is 12.0. The number of ether oxygens (including phenoxy) is 2. The zero-order valence-electron chi connectivity index (χ0n) is 21.0. The molecule has 182 valence electrons. The normalized spacial score (nSPS) is 11.0. The Kier molecular flexibility index (Phi) is 9.64. The third kappa shape index (κ3) is 7.89. The zero-order valence-corrected chi connectivity index (χ0v) is 21.0. The van der Waals surface area contributed by atoms with Crippen molar-refractivity contribution in [2.24, 2.45) is 0 Å². The maximum Gasteiger partial charge on any atom is 0.120 e. The molecule has 0 aliphatic rings. The summed E-state index contributed by atoms with van der Waals surface area (Å²) in [6, 6.07) is 31.7. The van der Waals surface area contributed by atoms with Crippen LogP contribution >= 0.6 is 0 Å². The highest BCUT2D eigenvalue weighted by Gasteiger charge is 2.04. The Morgan fingerprint density at radius 1 is 0.514 bits per heavy atom. The van der Waals surface area contributed by atoms with Crippen LogP contribution in [0.4, 0.5) is 0 Å². The van der Waals surface area contributed by atoms with Gasteiger partial charge >= 0.3 is 0 Å². The topological polar surface area (TPSA) is 18.5 Å². The van der Waals surface area contributed by atoms with Crippen LogP contribution < -0.4 is 9.47 Å². The molecule has 4 rings (SSSR count). The van der Waals surface area contributed by atoms with Crippen LogP contribution in [0.1, 0.15) is 63.9 Å². The van der Waals surface area contributed by atoms with Crippen molar-refractivity contribution in [3.8, 4) is 22.6 Å². The Morgan fingerprint density at radius 3 is 1.91 bits per heavy atom. The van der Waals surface area contributed by atoms with Crippen molar-refractivity contribution in [2.45, 2.75) is 64.9 Å². The molecule has 0 saturated carbocycles. The number of unbranched alkanes of at least 4 members (excludes halogenated alkanes) is 7. The van der Waals surface area contributed by atoms with Crippen LogP contribution in [0.2, 0.25) is 0 Å². The number of rotatable bonds is 14. The third-order valence-electron chi connectivity index (χ3n) is 6.51. The molecule has 0 aliphatic carbocycles. The minimum atomic E-state index is 0.581. The summed E-state index contributed by atoms with van der Waals surface area (Å²) in [5, 5.41) is 2.40. The van der Waals surface area contributed by atoms with Crippen LogP contribution in [0, 0.1) is 0 Å². The van der Waals surface area contributed by atoms with E-state index in [-0.39, 0.29) is 0 Å². The van der Waals surface area contributed by atoms with Gasteiger partial charge in [-0.3, -0.25) is 0 Å². The van der Waals surface area contributed by atoms with Crippen molar-refractivity contribution in [1.29, 1.82) is 0 Å². The minimum Gasteiger partial charge on any atom is -0.494 e. The van der Waals surface area contributed by atoms with Gasteiger partial charge in [-0.15, -0.1) is 0 Å². The van der Waals surface area contributed by atoms with Gasteiger partial charge in [0.25, 0.3) is 0 Å². The average molecular weight is 467 g/mol. The predicted molar refractivity (Wildman–Crippen MR) is 148 cm³/mol. The molecule has 4 aromatic carbocycles.